The fraction of sp³-hybridized carbons (Fsp3) is 0.455. The third-order valence-electron chi connectivity index (χ3n) is 2.71. The van der Waals surface area contributed by atoms with Crippen LogP contribution in [-0.2, 0) is 7.05 Å². The van der Waals surface area contributed by atoms with Gasteiger partial charge >= 0.3 is 6.01 Å². The zero-order valence-electron chi connectivity index (χ0n) is 11.3. The first-order chi connectivity index (χ1) is 9.02. The molecule has 8 nitrogen and oxygen atoms in total. The summed E-state index contributed by atoms with van der Waals surface area (Å²) in [4.78, 5) is 16.1. The van der Waals surface area contributed by atoms with E-state index in [1.807, 2.05) is 13.8 Å². The van der Waals surface area contributed by atoms with Crippen molar-refractivity contribution < 1.29 is 9.53 Å². The molecule has 2 aromatic rings. The number of nitrogens with one attached hydrogen (secondary N) is 2. The number of hydrogen-bond acceptors (Lipinski definition) is 5. The van der Waals surface area contributed by atoms with Crippen LogP contribution in [0, 0.1) is 13.8 Å². The van der Waals surface area contributed by atoms with Crippen LogP contribution in [0.15, 0.2) is 0 Å². The van der Waals surface area contributed by atoms with Gasteiger partial charge in [-0.2, -0.15) is 10.1 Å². The molecule has 2 N–H and O–H groups in total. The number of aryl methyl sites for hydroxylation is 2. The number of aromatic nitrogens is 5. The quantitative estimate of drug-likeness (QED) is 0.851. The first-order valence-electron chi connectivity index (χ1n) is 5.89. The van der Waals surface area contributed by atoms with Crippen LogP contribution < -0.4 is 10.1 Å². The lowest BCUT2D eigenvalue weighted by Crippen LogP contribution is -2.15. The molecule has 0 aromatic carbocycles. The molecule has 0 saturated heterocycles. The smallest absolute Gasteiger partial charge is 0.337 e. The first-order valence-corrected chi connectivity index (χ1v) is 5.89. The number of H-pyrrole nitrogens is 1. The second-order valence-corrected chi connectivity index (χ2v) is 4.02. The molecule has 0 fully saturated rings. The molecule has 0 aliphatic rings. The van der Waals surface area contributed by atoms with Gasteiger partial charge in [-0.15, -0.1) is 5.10 Å². The van der Waals surface area contributed by atoms with E-state index >= 15 is 0 Å². The number of nitrogens with zero attached hydrogens (tertiary/aromatic N) is 4. The van der Waals surface area contributed by atoms with Crippen LogP contribution in [0.1, 0.15) is 28.7 Å². The summed E-state index contributed by atoms with van der Waals surface area (Å²) < 4.78 is 6.77. The maximum atomic E-state index is 12.1. The van der Waals surface area contributed by atoms with Gasteiger partial charge in [0.2, 0.25) is 5.95 Å². The zero-order valence-corrected chi connectivity index (χ0v) is 11.3. The van der Waals surface area contributed by atoms with Gasteiger partial charge in [-0.05, 0) is 20.8 Å². The summed E-state index contributed by atoms with van der Waals surface area (Å²) in [7, 11) is 1.79. The minimum absolute atomic E-state index is 0.206. The van der Waals surface area contributed by atoms with Gasteiger partial charge in [-0.3, -0.25) is 14.8 Å². The molecule has 0 aliphatic carbocycles. The second kappa shape index (κ2) is 5.09. The Morgan fingerprint density at radius 1 is 1.47 bits per heavy atom. The predicted molar refractivity (Wildman–Crippen MR) is 68.2 cm³/mol. The number of hydrogen-bond donors (Lipinski definition) is 2. The Hall–Kier alpha value is -2.38. The first kappa shape index (κ1) is 13.1. The Balaban J connectivity index is 2.16. The van der Waals surface area contributed by atoms with Gasteiger partial charge in [0.1, 0.15) is 0 Å². The second-order valence-electron chi connectivity index (χ2n) is 4.02. The van der Waals surface area contributed by atoms with Gasteiger partial charge in [-0.1, -0.05) is 0 Å². The highest BCUT2D eigenvalue weighted by Crippen LogP contribution is 2.14. The van der Waals surface area contributed by atoms with Crippen LogP contribution in [0.25, 0.3) is 0 Å². The van der Waals surface area contributed by atoms with Crippen LogP contribution in [0.2, 0.25) is 0 Å². The highest BCUT2D eigenvalue weighted by molar-refractivity contribution is 6.04. The molecule has 0 saturated carbocycles. The van der Waals surface area contributed by atoms with E-state index in [-0.39, 0.29) is 17.9 Å². The SMILES string of the molecule is CCOc1n[nH]c(NC(=O)c2c(C)nn(C)c2C)n1. The average Bonchev–Trinajstić information content (AvgIpc) is 2.86. The molecule has 2 heterocycles. The molecule has 2 aromatic heterocycles. The molecule has 8 heteroatoms. The number of ether oxygens (including phenoxy) is 1. The van der Waals surface area contributed by atoms with Gasteiger partial charge in [-0.25, -0.2) is 5.10 Å². The van der Waals surface area contributed by atoms with Crippen molar-refractivity contribution in [2.75, 3.05) is 11.9 Å². The number of rotatable bonds is 4. The highest BCUT2D eigenvalue weighted by atomic mass is 16.5. The molecular formula is C11H16N6O2. The van der Waals surface area contributed by atoms with Crippen LogP contribution >= 0.6 is 0 Å². The van der Waals surface area contributed by atoms with E-state index in [2.05, 4.69) is 25.6 Å². The van der Waals surface area contributed by atoms with Crippen molar-refractivity contribution in [3.63, 3.8) is 0 Å². The lowest BCUT2D eigenvalue weighted by atomic mass is 10.2. The van der Waals surface area contributed by atoms with Crippen LogP contribution in [-0.4, -0.2) is 37.5 Å². The van der Waals surface area contributed by atoms with Crippen molar-refractivity contribution in [1.29, 1.82) is 0 Å². The van der Waals surface area contributed by atoms with Crippen molar-refractivity contribution in [2.24, 2.45) is 7.05 Å². The third kappa shape index (κ3) is 2.56. The molecule has 0 atom stereocenters. The maximum Gasteiger partial charge on any atom is 0.337 e. The van der Waals surface area contributed by atoms with E-state index in [1.165, 1.54) is 0 Å². The third-order valence-corrected chi connectivity index (χ3v) is 2.71. The highest BCUT2D eigenvalue weighted by Gasteiger charge is 2.18. The standard InChI is InChI=1S/C11H16N6O2/c1-5-19-11-13-10(14-15-11)12-9(18)8-6(2)16-17(4)7(8)3/h5H2,1-4H3,(H2,12,13,14,15,18). The zero-order chi connectivity index (χ0) is 14.0. The van der Waals surface area contributed by atoms with E-state index in [9.17, 15) is 4.79 Å². The lowest BCUT2D eigenvalue weighted by Gasteiger charge is -2.01. The Morgan fingerprint density at radius 3 is 2.79 bits per heavy atom. The lowest BCUT2D eigenvalue weighted by molar-refractivity contribution is 0.102. The topological polar surface area (TPSA) is 97.7 Å². The number of carbonyl (C=O) groups excluding carboxylic acids is 1. The minimum atomic E-state index is -0.276. The Morgan fingerprint density at radius 2 is 2.21 bits per heavy atom. The van der Waals surface area contributed by atoms with Gasteiger partial charge < -0.3 is 4.74 Å². The number of aromatic amines is 1. The molecule has 0 bridgehead atoms. The van der Waals surface area contributed by atoms with E-state index in [1.54, 1.807) is 18.7 Å². The van der Waals surface area contributed by atoms with Gasteiger partial charge in [0, 0.05) is 12.7 Å². The largest absolute Gasteiger partial charge is 0.463 e. The molecule has 0 radical (unpaired) electrons. The summed E-state index contributed by atoms with van der Waals surface area (Å²) in [5, 5.41) is 13.2. The fourth-order valence-corrected chi connectivity index (χ4v) is 1.77. The number of amides is 1. The van der Waals surface area contributed by atoms with Crippen molar-refractivity contribution >= 4 is 11.9 Å². The molecule has 1 amide bonds. The minimum Gasteiger partial charge on any atom is -0.463 e. The van der Waals surface area contributed by atoms with Gasteiger partial charge in [0.25, 0.3) is 5.91 Å². The van der Waals surface area contributed by atoms with Crippen molar-refractivity contribution in [3.8, 4) is 6.01 Å². The van der Waals surface area contributed by atoms with E-state index < -0.39 is 0 Å². The monoisotopic (exact) mass is 264 g/mol. The molecule has 0 spiro atoms. The summed E-state index contributed by atoms with van der Waals surface area (Å²) >= 11 is 0. The van der Waals surface area contributed by atoms with Crippen molar-refractivity contribution in [2.45, 2.75) is 20.8 Å². The van der Waals surface area contributed by atoms with Crippen LogP contribution in [0.4, 0.5) is 5.95 Å². The van der Waals surface area contributed by atoms with Crippen LogP contribution in [0.5, 0.6) is 6.01 Å². The predicted octanol–water partition coefficient (Wildman–Crippen LogP) is 0.806. The maximum absolute atomic E-state index is 12.1. The van der Waals surface area contributed by atoms with E-state index in [0.29, 0.717) is 17.9 Å². The summed E-state index contributed by atoms with van der Waals surface area (Å²) in [6, 6.07) is 0.206. The van der Waals surface area contributed by atoms with Gasteiger partial charge in [0.15, 0.2) is 0 Å². The van der Waals surface area contributed by atoms with E-state index in [4.69, 9.17) is 4.74 Å². The van der Waals surface area contributed by atoms with Crippen molar-refractivity contribution in [3.05, 3.63) is 17.0 Å². The normalized spacial score (nSPS) is 10.5. The molecule has 102 valence electrons. The number of carbonyl (C=O) groups is 1. The van der Waals surface area contributed by atoms with Gasteiger partial charge in [0.05, 0.1) is 17.9 Å². The summed E-state index contributed by atoms with van der Waals surface area (Å²) in [5.74, 6) is -0.0293. The summed E-state index contributed by atoms with van der Waals surface area (Å²) in [5.41, 5.74) is 2.00. The summed E-state index contributed by atoms with van der Waals surface area (Å²) in [6.45, 7) is 5.91. The molecule has 2 rings (SSSR count). The molecule has 0 unspecified atom stereocenters. The van der Waals surface area contributed by atoms with Crippen molar-refractivity contribution in [1.82, 2.24) is 25.0 Å². The Bertz CT molecular complexity index is 600. The van der Waals surface area contributed by atoms with Crippen LogP contribution in [0.3, 0.4) is 0 Å². The number of anilines is 1. The Kier molecular flexibility index (Phi) is 3.50. The Labute approximate surface area is 110 Å². The fourth-order valence-electron chi connectivity index (χ4n) is 1.77. The average molecular weight is 264 g/mol. The van der Waals surface area contributed by atoms with E-state index in [0.717, 1.165) is 5.69 Å². The summed E-state index contributed by atoms with van der Waals surface area (Å²) in [6.07, 6.45) is 0. The molecule has 0 aliphatic heterocycles. The molecule has 19 heavy (non-hydrogen) atoms. The molecular weight excluding hydrogens is 248 g/mol.